The number of rotatable bonds is 4. The van der Waals surface area contributed by atoms with Gasteiger partial charge >= 0.3 is 0 Å². The van der Waals surface area contributed by atoms with E-state index in [4.69, 9.17) is 9.47 Å². The first kappa shape index (κ1) is 16.0. The molecule has 1 amide bonds. The highest BCUT2D eigenvalue weighted by molar-refractivity contribution is 7.13. The molecule has 1 aliphatic rings. The van der Waals surface area contributed by atoms with Crippen LogP contribution < -0.4 is 4.74 Å². The Labute approximate surface area is 139 Å². The molecule has 1 saturated heterocycles. The van der Waals surface area contributed by atoms with Crippen molar-refractivity contribution >= 4 is 17.2 Å². The van der Waals surface area contributed by atoms with Crippen LogP contribution in [-0.4, -0.2) is 48.2 Å². The van der Waals surface area contributed by atoms with Crippen molar-refractivity contribution < 1.29 is 14.3 Å². The van der Waals surface area contributed by atoms with Crippen LogP contribution in [-0.2, 0) is 4.74 Å². The van der Waals surface area contributed by atoms with Gasteiger partial charge in [0.05, 0.1) is 25.9 Å². The maximum atomic E-state index is 12.6. The summed E-state index contributed by atoms with van der Waals surface area (Å²) in [4.78, 5) is 18.9. The number of amides is 1. The van der Waals surface area contributed by atoms with Crippen molar-refractivity contribution in [1.82, 2.24) is 9.88 Å². The fourth-order valence-corrected chi connectivity index (χ4v) is 3.34. The third-order valence-electron chi connectivity index (χ3n) is 3.76. The number of hydrogen-bond donors (Lipinski definition) is 0. The Balaban J connectivity index is 1.75. The van der Waals surface area contributed by atoms with E-state index in [2.05, 4.69) is 4.98 Å². The van der Waals surface area contributed by atoms with Gasteiger partial charge in [0.1, 0.15) is 16.5 Å². The zero-order valence-corrected chi connectivity index (χ0v) is 14.1. The Morgan fingerprint density at radius 1 is 1.43 bits per heavy atom. The molecule has 0 radical (unpaired) electrons. The van der Waals surface area contributed by atoms with E-state index in [1.165, 1.54) is 11.3 Å². The monoisotopic (exact) mass is 332 g/mol. The summed E-state index contributed by atoms with van der Waals surface area (Å²) in [6.07, 6.45) is 0. The predicted octanol–water partition coefficient (Wildman–Crippen LogP) is 3.07. The number of thiazole rings is 1. The zero-order chi connectivity index (χ0) is 16.2. The lowest BCUT2D eigenvalue weighted by Crippen LogP contribution is -2.47. The van der Waals surface area contributed by atoms with Gasteiger partial charge in [0.15, 0.2) is 0 Å². The molecule has 2 aromatic rings. The first-order chi connectivity index (χ1) is 11.2. The van der Waals surface area contributed by atoms with Gasteiger partial charge in [0.2, 0.25) is 0 Å². The van der Waals surface area contributed by atoms with Crippen LogP contribution in [0.15, 0.2) is 29.6 Å². The molecule has 23 heavy (non-hydrogen) atoms. The highest BCUT2D eigenvalue weighted by atomic mass is 32.1. The number of nitrogens with zero attached hydrogens (tertiary/aromatic N) is 2. The topological polar surface area (TPSA) is 51.7 Å². The predicted molar refractivity (Wildman–Crippen MR) is 90.0 cm³/mol. The number of carbonyl (C=O) groups is 1. The Kier molecular flexibility index (Phi) is 4.93. The number of benzene rings is 1. The Hall–Kier alpha value is -1.92. The van der Waals surface area contributed by atoms with Crippen LogP contribution in [0.2, 0.25) is 0 Å². The molecule has 3 rings (SSSR count). The van der Waals surface area contributed by atoms with E-state index >= 15 is 0 Å². The van der Waals surface area contributed by atoms with E-state index in [9.17, 15) is 4.79 Å². The van der Waals surface area contributed by atoms with Crippen LogP contribution in [0.1, 0.15) is 24.3 Å². The molecule has 0 spiro atoms. The van der Waals surface area contributed by atoms with E-state index in [-0.39, 0.29) is 11.9 Å². The van der Waals surface area contributed by atoms with Crippen molar-refractivity contribution in [3.63, 3.8) is 0 Å². The van der Waals surface area contributed by atoms with Gasteiger partial charge < -0.3 is 14.4 Å². The molecule has 1 fully saturated rings. The van der Waals surface area contributed by atoms with Gasteiger partial charge in [-0.3, -0.25) is 4.79 Å². The molecule has 0 aliphatic carbocycles. The summed E-state index contributed by atoms with van der Waals surface area (Å²) in [7, 11) is 0. The van der Waals surface area contributed by atoms with Crippen molar-refractivity contribution in [2.24, 2.45) is 0 Å². The van der Waals surface area contributed by atoms with E-state index < -0.39 is 0 Å². The average molecular weight is 332 g/mol. The molecule has 0 bridgehead atoms. The Bertz CT molecular complexity index is 669. The minimum absolute atomic E-state index is 0.0192. The van der Waals surface area contributed by atoms with E-state index in [0.717, 1.165) is 16.3 Å². The van der Waals surface area contributed by atoms with Crippen molar-refractivity contribution in [3.8, 4) is 16.3 Å². The number of morpholine rings is 1. The summed E-state index contributed by atoms with van der Waals surface area (Å²) in [5.41, 5.74) is 1.50. The molecule has 2 heterocycles. The van der Waals surface area contributed by atoms with Crippen molar-refractivity contribution in [3.05, 3.63) is 35.3 Å². The molecule has 0 N–H and O–H groups in total. The molecule has 122 valence electrons. The fraction of sp³-hybridized carbons (Fsp3) is 0.412. The van der Waals surface area contributed by atoms with Gasteiger partial charge in [-0.25, -0.2) is 4.98 Å². The van der Waals surface area contributed by atoms with Crippen LogP contribution in [0.25, 0.3) is 10.6 Å². The van der Waals surface area contributed by atoms with Gasteiger partial charge in [0.25, 0.3) is 5.91 Å². The molecule has 1 aromatic carbocycles. The zero-order valence-electron chi connectivity index (χ0n) is 13.3. The minimum atomic E-state index is -0.0192. The average Bonchev–Trinajstić information content (AvgIpc) is 3.06. The number of hydrogen-bond acceptors (Lipinski definition) is 5. The second-order valence-electron chi connectivity index (χ2n) is 5.42. The van der Waals surface area contributed by atoms with Crippen LogP contribution in [0.5, 0.6) is 5.75 Å². The molecular weight excluding hydrogens is 312 g/mol. The van der Waals surface area contributed by atoms with E-state index in [1.807, 2.05) is 48.4 Å². The second-order valence-corrected chi connectivity index (χ2v) is 6.28. The largest absolute Gasteiger partial charge is 0.494 e. The van der Waals surface area contributed by atoms with Gasteiger partial charge in [-0.1, -0.05) is 0 Å². The van der Waals surface area contributed by atoms with Gasteiger partial charge in [-0.2, -0.15) is 0 Å². The van der Waals surface area contributed by atoms with E-state index in [1.54, 1.807) is 0 Å². The van der Waals surface area contributed by atoms with Crippen LogP contribution >= 0.6 is 11.3 Å². The highest BCUT2D eigenvalue weighted by Crippen LogP contribution is 2.26. The van der Waals surface area contributed by atoms with Gasteiger partial charge in [-0.05, 0) is 38.1 Å². The third kappa shape index (κ3) is 3.54. The highest BCUT2D eigenvalue weighted by Gasteiger charge is 2.26. The smallest absolute Gasteiger partial charge is 0.273 e. The lowest BCUT2D eigenvalue weighted by molar-refractivity contribution is 0.00332. The Morgan fingerprint density at radius 3 is 2.91 bits per heavy atom. The molecule has 5 nitrogen and oxygen atoms in total. The first-order valence-electron chi connectivity index (χ1n) is 7.76. The van der Waals surface area contributed by atoms with Crippen molar-refractivity contribution in [1.29, 1.82) is 0 Å². The van der Waals surface area contributed by atoms with E-state index in [0.29, 0.717) is 32.1 Å². The normalized spacial score (nSPS) is 18.0. The summed E-state index contributed by atoms with van der Waals surface area (Å²) in [6, 6.07) is 7.87. The molecular formula is C17H20N2O3S. The second kappa shape index (κ2) is 7.10. The molecule has 0 saturated carbocycles. The first-order valence-corrected chi connectivity index (χ1v) is 8.64. The fourth-order valence-electron chi connectivity index (χ4n) is 2.54. The third-order valence-corrected chi connectivity index (χ3v) is 4.66. The summed E-state index contributed by atoms with van der Waals surface area (Å²) in [5, 5.41) is 2.67. The molecule has 6 heteroatoms. The molecule has 1 aromatic heterocycles. The molecule has 1 aliphatic heterocycles. The SMILES string of the molecule is CCOc1ccc(-c2nc(C(=O)N3CCOCC3C)cs2)cc1. The standard InChI is InChI=1S/C17H20N2O3S/c1-3-22-14-6-4-13(5-7-14)16-18-15(11-23-16)17(20)19-8-9-21-10-12(19)2/h4-7,11-12H,3,8-10H2,1-2H3. The summed E-state index contributed by atoms with van der Waals surface area (Å²) >= 11 is 1.48. The number of aromatic nitrogens is 1. The number of ether oxygens (including phenoxy) is 2. The van der Waals surface area contributed by atoms with Crippen molar-refractivity contribution in [2.45, 2.75) is 19.9 Å². The number of carbonyl (C=O) groups excluding carboxylic acids is 1. The summed E-state index contributed by atoms with van der Waals surface area (Å²) in [6.45, 7) is 6.40. The van der Waals surface area contributed by atoms with Crippen LogP contribution in [0.3, 0.4) is 0 Å². The lowest BCUT2D eigenvalue weighted by atomic mass is 10.2. The quantitative estimate of drug-likeness (QED) is 0.863. The van der Waals surface area contributed by atoms with Gasteiger partial charge in [0, 0.05) is 17.5 Å². The maximum Gasteiger partial charge on any atom is 0.273 e. The Morgan fingerprint density at radius 2 is 2.22 bits per heavy atom. The molecule has 1 atom stereocenters. The van der Waals surface area contributed by atoms with Crippen LogP contribution in [0, 0.1) is 0 Å². The molecule has 1 unspecified atom stereocenters. The lowest BCUT2D eigenvalue weighted by Gasteiger charge is -2.32. The van der Waals surface area contributed by atoms with Crippen molar-refractivity contribution in [2.75, 3.05) is 26.4 Å². The minimum Gasteiger partial charge on any atom is -0.494 e. The van der Waals surface area contributed by atoms with Gasteiger partial charge in [-0.15, -0.1) is 11.3 Å². The summed E-state index contributed by atoms with van der Waals surface area (Å²) < 4.78 is 10.8. The summed E-state index contributed by atoms with van der Waals surface area (Å²) in [5.74, 6) is 0.820. The maximum absolute atomic E-state index is 12.6. The van der Waals surface area contributed by atoms with Crippen LogP contribution in [0.4, 0.5) is 0 Å².